The maximum atomic E-state index is 13.5. The van der Waals surface area contributed by atoms with Crippen molar-refractivity contribution in [2.24, 2.45) is 5.73 Å². The highest BCUT2D eigenvalue weighted by molar-refractivity contribution is 9.10. The number of primary amides is 1. The molecule has 0 radical (unpaired) electrons. The van der Waals surface area contributed by atoms with E-state index in [0.717, 1.165) is 4.47 Å². The molecule has 0 aliphatic carbocycles. The molecule has 0 heterocycles. The van der Waals surface area contributed by atoms with Gasteiger partial charge in [-0.25, -0.2) is 4.39 Å². The first-order valence-corrected chi connectivity index (χ1v) is 6.91. The van der Waals surface area contributed by atoms with Crippen molar-refractivity contribution in [3.05, 3.63) is 63.3 Å². The third-order valence-electron chi connectivity index (χ3n) is 2.72. The van der Waals surface area contributed by atoms with Crippen molar-refractivity contribution < 1.29 is 9.18 Å². The maximum absolute atomic E-state index is 13.5. The van der Waals surface area contributed by atoms with Gasteiger partial charge in [0.25, 0.3) is 0 Å². The van der Waals surface area contributed by atoms with Crippen molar-refractivity contribution in [1.82, 2.24) is 0 Å². The second-order valence-corrected chi connectivity index (χ2v) is 5.48. The van der Waals surface area contributed by atoms with Crippen LogP contribution in [-0.4, -0.2) is 5.91 Å². The molecule has 1 unspecified atom stereocenters. The fourth-order valence-electron chi connectivity index (χ4n) is 1.72. The van der Waals surface area contributed by atoms with Gasteiger partial charge in [0.05, 0.1) is 5.02 Å². The third-order valence-corrected chi connectivity index (χ3v) is 3.55. The summed E-state index contributed by atoms with van der Waals surface area (Å²) in [7, 11) is 0. The quantitative estimate of drug-likeness (QED) is 0.872. The van der Waals surface area contributed by atoms with E-state index in [1.807, 2.05) is 12.1 Å². The molecule has 1 amide bonds. The van der Waals surface area contributed by atoms with Crippen molar-refractivity contribution >= 4 is 39.1 Å². The second-order valence-electron chi connectivity index (χ2n) is 4.16. The van der Waals surface area contributed by atoms with Crippen LogP contribution in [0.15, 0.2) is 46.9 Å². The normalized spacial score (nSPS) is 11.9. The largest absolute Gasteiger partial charge is 0.370 e. The van der Waals surface area contributed by atoms with E-state index in [-0.39, 0.29) is 5.02 Å². The van der Waals surface area contributed by atoms with Crippen molar-refractivity contribution in [3.63, 3.8) is 0 Å². The SMILES string of the molecule is NC(=O)C(Nc1ccc(Br)cc1)c1ccc(Cl)c(F)c1. The van der Waals surface area contributed by atoms with Crippen molar-refractivity contribution in [2.45, 2.75) is 6.04 Å². The highest BCUT2D eigenvalue weighted by Crippen LogP contribution is 2.24. The van der Waals surface area contributed by atoms with E-state index in [1.54, 1.807) is 18.2 Å². The third kappa shape index (κ3) is 3.49. The van der Waals surface area contributed by atoms with E-state index in [4.69, 9.17) is 17.3 Å². The molecular weight excluding hydrogens is 347 g/mol. The van der Waals surface area contributed by atoms with Crippen LogP contribution in [0.4, 0.5) is 10.1 Å². The summed E-state index contributed by atoms with van der Waals surface area (Å²) < 4.78 is 14.4. The summed E-state index contributed by atoms with van der Waals surface area (Å²) in [4.78, 5) is 11.6. The van der Waals surface area contributed by atoms with E-state index in [2.05, 4.69) is 21.2 Å². The fourth-order valence-corrected chi connectivity index (χ4v) is 2.11. The number of carbonyl (C=O) groups is 1. The van der Waals surface area contributed by atoms with E-state index in [0.29, 0.717) is 11.3 Å². The monoisotopic (exact) mass is 356 g/mol. The van der Waals surface area contributed by atoms with E-state index >= 15 is 0 Å². The van der Waals surface area contributed by atoms with Crippen LogP contribution in [0, 0.1) is 5.82 Å². The molecule has 0 spiro atoms. The topological polar surface area (TPSA) is 55.1 Å². The molecule has 2 aromatic carbocycles. The summed E-state index contributed by atoms with van der Waals surface area (Å²) in [6.45, 7) is 0. The lowest BCUT2D eigenvalue weighted by Gasteiger charge is -2.17. The number of benzene rings is 2. The molecule has 0 saturated heterocycles. The van der Waals surface area contributed by atoms with Crippen LogP contribution in [-0.2, 0) is 4.79 Å². The standard InChI is InChI=1S/C14H11BrClFN2O/c15-9-2-4-10(5-3-9)19-13(14(18)20)8-1-6-11(16)12(17)7-8/h1-7,13,19H,(H2,18,20). The molecule has 0 bridgehead atoms. The van der Waals surface area contributed by atoms with Gasteiger partial charge in [-0.05, 0) is 42.0 Å². The van der Waals surface area contributed by atoms with Crippen LogP contribution in [0.1, 0.15) is 11.6 Å². The first-order valence-electron chi connectivity index (χ1n) is 5.74. The lowest BCUT2D eigenvalue weighted by Crippen LogP contribution is -2.27. The summed E-state index contributed by atoms with van der Waals surface area (Å²) >= 11 is 8.95. The van der Waals surface area contributed by atoms with Gasteiger partial charge in [0.2, 0.25) is 5.91 Å². The molecule has 2 aromatic rings. The van der Waals surface area contributed by atoms with E-state index in [1.165, 1.54) is 12.1 Å². The summed E-state index contributed by atoms with van der Waals surface area (Å²) in [6.07, 6.45) is 0. The Labute approximate surface area is 129 Å². The average molecular weight is 358 g/mol. The number of anilines is 1. The van der Waals surface area contributed by atoms with Crippen molar-refractivity contribution in [3.8, 4) is 0 Å². The number of halogens is 3. The number of amides is 1. The highest BCUT2D eigenvalue weighted by Gasteiger charge is 2.18. The number of nitrogens with one attached hydrogen (secondary N) is 1. The molecule has 2 rings (SSSR count). The summed E-state index contributed by atoms with van der Waals surface area (Å²) in [5.74, 6) is -1.19. The number of nitrogens with two attached hydrogens (primary N) is 1. The summed E-state index contributed by atoms with van der Waals surface area (Å²) in [5.41, 5.74) is 6.49. The van der Waals surface area contributed by atoms with Gasteiger partial charge in [-0.1, -0.05) is 33.6 Å². The van der Waals surface area contributed by atoms with Gasteiger partial charge in [0, 0.05) is 10.2 Å². The molecule has 6 heteroatoms. The van der Waals surface area contributed by atoms with Crippen LogP contribution in [0.5, 0.6) is 0 Å². The van der Waals surface area contributed by atoms with Crippen LogP contribution in [0.25, 0.3) is 0 Å². The van der Waals surface area contributed by atoms with E-state index in [9.17, 15) is 9.18 Å². The Hall–Kier alpha value is -1.59. The van der Waals surface area contributed by atoms with Gasteiger partial charge < -0.3 is 11.1 Å². The smallest absolute Gasteiger partial charge is 0.244 e. The number of rotatable bonds is 4. The molecule has 1 atom stereocenters. The van der Waals surface area contributed by atoms with Crippen LogP contribution in [0.3, 0.4) is 0 Å². The lowest BCUT2D eigenvalue weighted by molar-refractivity contribution is -0.118. The van der Waals surface area contributed by atoms with E-state index < -0.39 is 17.8 Å². The molecule has 3 N–H and O–H groups in total. The molecule has 0 aliphatic heterocycles. The number of hydrogen-bond donors (Lipinski definition) is 2. The summed E-state index contributed by atoms with van der Waals surface area (Å²) in [5, 5.41) is 2.96. The van der Waals surface area contributed by atoms with Gasteiger partial charge in [-0.3, -0.25) is 4.79 Å². The number of carbonyl (C=O) groups excluding carboxylic acids is 1. The number of hydrogen-bond acceptors (Lipinski definition) is 2. The van der Waals surface area contributed by atoms with Crippen molar-refractivity contribution in [1.29, 1.82) is 0 Å². The molecule has 0 aromatic heterocycles. The molecule has 0 saturated carbocycles. The average Bonchev–Trinajstić information content (AvgIpc) is 2.41. The lowest BCUT2D eigenvalue weighted by atomic mass is 10.1. The Morgan fingerprint density at radius 2 is 1.90 bits per heavy atom. The van der Waals surface area contributed by atoms with Gasteiger partial charge in [-0.2, -0.15) is 0 Å². The minimum absolute atomic E-state index is 0.000567. The zero-order valence-corrected chi connectivity index (χ0v) is 12.6. The zero-order chi connectivity index (χ0) is 14.7. The second kappa shape index (κ2) is 6.24. The Morgan fingerprint density at radius 1 is 1.25 bits per heavy atom. The minimum Gasteiger partial charge on any atom is -0.370 e. The van der Waals surface area contributed by atoms with Gasteiger partial charge in [-0.15, -0.1) is 0 Å². The molecule has 20 heavy (non-hydrogen) atoms. The Kier molecular flexibility index (Phi) is 4.62. The first-order chi connectivity index (χ1) is 9.47. The maximum Gasteiger partial charge on any atom is 0.244 e. The Balaban J connectivity index is 2.29. The predicted octanol–water partition coefficient (Wildman–Crippen LogP) is 3.88. The van der Waals surface area contributed by atoms with Gasteiger partial charge in [0.1, 0.15) is 11.9 Å². The van der Waals surface area contributed by atoms with Crippen LogP contribution < -0.4 is 11.1 Å². The molecule has 104 valence electrons. The van der Waals surface area contributed by atoms with Gasteiger partial charge in [0.15, 0.2) is 0 Å². The predicted molar refractivity (Wildman–Crippen MR) is 81.1 cm³/mol. The Bertz CT molecular complexity index is 634. The van der Waals surface area contributed by atoms with Gasteiger partial charge >= 0.3 is 0 Å². The van der Waals surface area contributed by atoms with Crippen LogP contribution >= 0.6 is 27.5 Å². The zero-order valence-electron chi connectivity index (χ0n) is 10.2. The van der Waals surface area contributed by atoms with Crippen LogP contribution in [0.2, 0.25) is 5.02 Å². The fraction of sp³-hybridized carbons (Fsp3) is 0.0714. The highest BCUT2D eigenvalue weighted by atomic mass is 79.9. The summed E-state index contributed by atoms with van der Waals surface area (Å²) in [6, 6.07) is 10.5. The molecule has 3 nitrogen and oxygen atoms in total. The van der Waals surface area contributed by atoms with Crippen molar-refractivity contribution in [2.75, 3.05) is 5.32 Å². The molecular formula is C14H11BrClFN2O. The molecule has 0 fully saturated rings. The first kappa shape index (κ1) is 14.8. The Morgan fingerprint density at radius 3 is 2.45 bits per heavy atom. The minimum atomic E-state index is -0.831. The molecule has 0 aliphatic rings.